The SMILES string of the molecule is CCC(CC)(C(=O)CS(=O)C(C)(C)C)C(=O)OC. The van der Waals surface area contributed by atoms with E-state index in [-0.39, 0.29) is 11.5 Å². The van der Waals surface area contributed by atoms with E-state index in [4.69, 9.17) is 4.74 Å². The van der Waals surface area contributed by atoms with Crippen molar-refractivity contribution in [2.75, 3.05) is 12.9 Å². The first kappa shape index (κ1) is 17.3. The van der Waals surface area contributed by atoms with Crippen molar-refractivity contribution in [1.29, 1.82) is 0 Å². The lowest BCUT2D eigenvalue weighted by Gasteiger charge is -2.28. The Bertz CT molecular complexity index is 337. The molecule has 0 aliphatic heterocycles. The van der Waals surface area contributed by atoms with Crippen molar-refractivity contribution >= 4 is 22.6 Å². The molecule has 0 aromatic carbocycles. The van der Waals surface area contributed by atoms with Gasteiger partial charge in [0.2, 0.25) is 0 Å². The molecule has 0 rings (SSSR count). The Hall–Kier alpha value is -0.710. The van der Waals surface area contributed by atoms with Crippen LogP contribution in [-0.2, 0) is 25.1 Å². The maximum atomic E-state index is 12.3. The van der Waals surface area contributed by atoms with E-state index in [1.165, 1.54) is 7.11 Å². The smallest absolute Gasteiger partial charge is 0.319 e. The second kappa shape index (κ2) is 6.45. The molecule has 0 aliphatic rings. The van der Waals surface area contributed by atoms with Crippen molar-refractivity contribution in [2.24, 2.45) is 5.41 Å². The Balaban J connectivity index is 5.13. The second-order valence-corrected chi connectivity index (χ2v) is 7.51. The molecule has 0 aromatic heterocycles. The summed E-state index contributed by atoms with van der Waals surface area (Å²) < 4.78 is 16.3. The molecule has 0 aliphatic carbocycles. The van der Waals surface area contributed by atoms with Gasteiger partial charge in [-0.3, -0.25) is 13.8 Å². The van der Waals surface area contributed by atoms with Gasteiger partial charge in [-0.05, 0) is 33.6 Å². The second-order valence-electron chi connectivity index (χ2n) is 5.31. The number of ether oxygens (including phenoxy) is 1. The standard InChI is InChI=1S/C13H24O4S/c1-7-13(8-2,11(15)17-6)10(14)9-18(16)12(3,4)5/h7-9H2,1-6H3. The molecule has 0 aromatic rings. The third-order valence-corrected chi connectivity index (χ3v) is 5.15. The summed E-state index contributed by atoms with van der Waals surface area (Å²) in [5, 5.41) is 0. The van der Waals surface area contributed by atoms with Gasteiger partial charge in [0.15, 0.2) is 5.78 Å². The van der Waals surface area contributed by atoms with Gasteiger partial charge in [0.1, 0.15) is 5.41 Å². The largest absolute Gasteiger partial charge is 0.468 e. The van der Waals surface area contributed by atoms with Crippen LogP contribution in [0.15, 0.2) is 0 Å². The van der Waals surface area contributed by atoms with E-state index in [0.29, 0.717) is 12.8 Å². The minimum Gasteiger partial charge on any atom is -0.468 e. The van der Waals surface area contributed by atoms with Gasteiger partial charge >= 0.3 is 5.97 Å². The van der Waals surface area contributed by atoms with Crippen molar-refractivity contribution in [3.8, 4) is 0 Å². The molecule has 0 bridgehead atoms. The summed E-state index contributed by atoms with van der Waals surface area (Å²) in [4.78, 5) is 24.1. The highest BCUT2D eigenvalue weighted by Crippen LogP contribution is 2.30. The molecule has 0 fully saturated rings. The summed E-state index contributed by atoms with van der Waals surface area (Å²) in [6.45, 7) is 8.99. The van der Waals surface area contributed by atoms with E-state index in [2.05, 4.69) is 0 Å². The van der Waals surface area contributed by atoms with E-state index in [9.17, 15) is 13.8 Å². The van der Waals surface area contributed by atoms with Crippen molar-refractivity contribution in [3.63, 3.8) is 0 Å². The van der Waals surface area contributed by atoms with E-state index in [1.54, 1.807) is 13.8 Å². The predicted octanol–water partition coefficient (Wildman–Crippen LogP) is 2.08. The van der Waals surface area contributed by atoms with Crippen LogP contribution in [0.5, 0.6) is 0 Å². The number of hydrogen-bond acceptors (Lipinski definition) is 4. The Morgan fingerprint density at radius 3 is 1.83 bits per heavy atom. The number of carbonyl (C=O) groups is 2. The number of ketones is 1. The van der Waals surface area contributed by atoms with Gasteiger partial charge in [0.05, 0.1) is 12.9 Å². The van der Waals surface area contributed by atoms with Crippen LogP contribution >= 0.6 is 0 Å². The fourth-order valence-electron chi connectivity index (χ4n) is 1.72. The summed E-state index contributed by atoms with van der Waals surface area (Å²) in [5.74, 6) is -0.906. The van der Waals surface area contributed by atoms with Crippen LogP contribution < -0.4 is 0 Å². The van der Waals surface area contributed by atoms with E-state index < -0.39 is 26.9 Å². The number of rotatable bonds is 6. The average molecular weight is 276 g/mol. The van der Waals surface area contributed by atoms with E-state index >= 15 is 0 Å². The zero-order chi connectivity index (χ0) is 14.6. The molecule has 0 N–H and O–H groups in total. The molecule has 1 atom stereocenters. The van der Waals surface area contributed by atoms with Gasteiger partial charge in [-0.25, -0.2) is 0 Å². The average Bonchev–Trinajstić information content (AvgIpc) is 2.29. The van der Waals surface area contributed by atoms with E-state index in [0.717, 1.165) is 0 Å². The number of Topliss-reactive ketones (excluding diaryl/α,β-unsaturated/α-hetero) is 1. The molecule has 0 saturated carbocycles. The molecule has 0 spiro atoms. The summed E-state index contributed by atoms with van der Waals surface area (Å²) in [5.41, 5.74) is -1.14. The first-order valence-corrected chi connectivity index (χ1v) is 7.47. The number of carbonyl (C=O) groups excluding carboxylic acids is 2. The molecule has 4 nitrogen and oxygen atoms in total. The van der Waals surface area contributed by atoms with Crippen LogP contribution in [0, 0.1) is 5.41 Å². The molecule has 18 heavy (non-hydrogen) atoms. The first-order valence-electron chi connectivity index (χ1n) is 6.15. The van der Waals surface area contributed by atoms with Crippen LogP contribution in [0.25, 0.3) is 0 Å². The van der Waals surface area contributed by atoms with Crippen LogP contribution in [-0.4, -0.2) is 33.6 Å². The van der Waals surface area contributed by atoms with Crippen LogP contribution in [0.1, 0.15) is 47.5 Å². The lowest BCUT2D eigenvalue weighted by molar-refractivity contribution is -0.157. The minimum absolute atomic E-state index is 0.0969. The highest BCUT2D eigenvalue weighted by Gasteiger charge is 2.44. The van der Waals surface area contributed by atoms with Crippen molar-refractivity contribution in [1.82, 2.24) is 0 Å². The minimum atomic E-state index is -1.29. The Kier molecular flexibility index (Phi) is 6.20. The summed E-state index contributed by atoms with van der Waals surface area (Å²) in [6.07, 6.45) is 0.743. The fraction of sp³-hybridized carbons (Fsp3) is 0.846. The van der Waals surface area contributed by atoms with Crippen LogP contribution in [0.4, 0.5) is 0 Å². The Morgan fingerprint density at radius 1 is 1.11 bits per heavy atom. The Labute approximate surface area is 112 Å². The molecule has 0 amide bonds. The predicted molar refractivity (Wildman–Crippen MR) is 72.8 cm³/mol. The van der Waals surface area contributed by atoms with Crippen molar-refractivity contribution in [2.45, 2.75) is 52.2 Å². The highest BCUT2D eigenvalue weighted by molar-refractivity contribution is 7.87. The molecule has 1 unspecified atom stereocenters. The highest BCUT2D eigenvalue weighted by atomic mass is 32.2. The van der Waals surface area contributed by atoms with Gasteiger partial charge in [-0.2, -0.15) is 0 Å². The zero-order valence-electron chi connectivity index (χ0n) is 12.2. The van der Waals surface area contributed by atoms with Crippen LogP contribution in [0.3, 0.4) is 0 Å². The normalized spacial score (nSPS) is 14.1. The molecule has 106 valence electrons. The third kappa shape index (κ3) is 3.64. The maximum absolute atomic E-state index is 12.3. The summed E-state index contributed by atoms with van der Waals surface area (Å²) >= 11 is 0. The molecule has 0 heterocycles. The molecular formula is C13H24O4S. The monoisotopic (exact) mass is 276 g/mol. The lowest BCUT2D eigenvalue weighted by atomic mass is 9.79. The topological polar surface area (TPSA) is 60.4 Å². The number of esters is 1. The third-order valence-electron chi connectivity index (χ3n) is 3.26. The van der Waals surface area contributed by atoms with Crippen molar-refractivity contribution in [3.05, 3.63) is 0 Å². The number of hydrogen-bond donors (Lipinski definition) is 0. The first-order chi connectivity index (χ1) is 8.15. The van der Waals surface area contributed by atoms with Gasteiger partial charge in [0, 0.05) is 15.5 Å². The molecule has 0 radical (unpaired) electrons. The quantitative estimate of drug-likeness (QED) is 0.550. The van der Waals surface area contributed by atoms with E-state index in [1.807, 2.05) is 20.8 Å². The molecular weight excluding hydrogens is 252 g/mol. The summed E-state index contributed by atoms with van der Waals surface area (Å²) in [7, 11) is -0.0187. The lowest BCUT2D eigenvalue weighted by Crippen LogP contribution is -2.43. The van der Waals surface area contributed by atoms with Gasteiger partial charge in [-0.1, -0.05) is 13.8 Å². The maximum Gasteiger partial charge on any atom is 0.319 e. The van der Waals surface area contributed by atoms with Gasteiger partial charge < -0.3 is 4.74 Å². The Morgan fingerprint density at radius 2 is 1.56 bits per heavy atom. The van der Waals surface area contributed by atoms with Gasteiger partial charge in [0.25, 0.3) is 0 Å². The fourth-order valence-corrected chi connectivity index (χ4v) is 2.66. The number of methoxy groups -OCH3 is 1. The van der Waals surface area contributed by atoms with Crippen molar-refractivity contribution < 1.29 is 18.5 Å². The van der Waals surface area contributed by atoms with Gasteiger partial charge in [-0.15, -0.1) is 0 Å². The molecule has 5 heteroatoms. The zero-order valence-corrected chi connectivity index (χ0v) is 13.0. The van der Waals surface area contributed by atoms with Crippen LogP contribution in [0.2, 0.25) is 0 Å². The summed E-state index contributed by atoms with van der Waals surface area (Å²) in [6, 6.07) is 0. The molecule has 0 saturated heterocycles.